The highest BCUT2D eigenvalue weighted by molar-refractivity contribution is 5.93. The number of carbonyl (C=O) groups is 2. The molecule has 7 heteroatoms. The highest BCUT2D eigenvalue weighted by Gasteiger charge is 2.52. The van der Waals surface area contributed by atoms with Crippen molar-refractivity contribution in [3.05, 3.63) is 47.1 Å². The highest BCUT2D eigenvalue weighted by Crippen LogP contribution is 2.39. The number of nitrogens with zero attached hydrogens (tertiary/aromatic N) is 4. The minimum Gasteiger partial charge on any atom is -0.361 e. The van der Waals surface area contributed by atoms with E-state index in [1.54, 1.807) is 6.20 Å². The second-order valence-electron chi connectivity index (χ2n) is 7.81. The zero-order valence-electron chi connectivity index (χ0n) is 16.5. The summed E-state index contributed by atoms with van der Waals surface area (Å²) in [5.74, 6) is 0.722. The second kappa shape index (κ2) is 7.37. The van der Waals surface area contributed by atoms with Gasteiger partial charge in [-0.1, -0.05) is 11.2 Å². The molecule has 2 saturated heterocycles. The Morgan fingerprint density at radius 2 is 2.00 bits per heavy atom. The summed E-state index contributed by atoms with van der Waals surface area (Å²) in [6, 6.07) is 5.74. The zero-order chi connectivity index (χ0) is 19.7. The van der Waals surface area contributed by atoms with Crippen LogP contribution in [0.3, 0.4) is 0 Å². The molecule has 4 rings (SSSR count). The van der Waals surface area contributed by atoms with E-state index in [0.29, 0.717) is 25.4 Å². The summed E-state index contributed by atoms with van der Waals surface area (Å²) >= 11 is 0. The molecule has 0 saturated carbocycles. The van der Waals surface area contributed by atoms with Crippen molar-refractivity contribution in [2.24, 2.45) is 0 Å². The van der Waals surface area contributed by atoms with Crippen molar-refractivity contribution in [2.45, 2.75) is 58.0 Å². The van der Waals surface area contributed by atoms with Gasteiger partial charge in [0, 0.05) is 24.8 Å². The minimum absolute atomic E-state index is 0.0139. The number of aromatic nitrogens is 2. The van der Waals surface area contributed by atoms with Crippen molar-refractivity contribution in [1.82, 2.24) is 19.9 Å². The lowest BCUT2D eigenvalue weighted by molar-refractivity contribution is -0.155. The normalized spacial score (nSPS) is 22.3. The van der Waals surface area contributed by atoms with Gasteiger partial charge in [0.05, 0.1) is 24.4 Å². The van der Waals surface area contributed by atoms with E-state index in [0.717, 1.165) is 42.6 Å². The van der Waals surface area contributed by atoms with Crippen molar-refractivity contribution >= 4 is 11.8 Å². The fourth-order valence-electron chi connectivity index (χ4n) is 4.63. The maximum Gasteiger partial charge on any atom is 0.248 e. The van der Waals surface area contributed by atoms with Crippen molar-refractivity contribution in [2.75, 3.05) is 13.1 Å². The molecule has 0 bridgehead atoms. The van der Waals surface area contributed by atoms with E-state index >= 15 is 0 Å². The fraction of sp³-hybridized carbons (Fsp3) is 0.524. The summed E-state index contributed by atoms with van der Waals surface area (Å²) in [7, 11) is 0. The smallest absolute Gasteiger partial charge is 0.248 e. The first-order valence-corrected chi connectivity index (χ1v) is 9.93. The molecule has 0 radical (unpaired) electrons. The van der Waals surface area contributed by atoms with Gasteiger partial charge in [0.15, 0.2) is 0 Å². The number of aryl methyl sites for hydroxylation is 2. The van der Waals surface area contributed by atoms with Crippen LogP contribution >= 0.6 is 0 Å². The predicted molar refractivity (Wildman–Crippen MR) is 102 cm³/mol. The molecule has 2 aliphatic rings. The van der Waals surface area contributed by atoms with E-state index in [-0.39, 0.29) is 18.2 Å². The van der Waals surface area contributed by atoms with Crippen LogP contribution in [0.25, 0.3) is 0 Å². The van der Waals surface area contributed by atoms with Crippen LogP contribution in [0.1, 0.15) is 48.4 Å². The van der Waals surface area contributed by atoms with Crippen molar-refractivity contribution in [1.29, 1.82) is 0 Å². The maximum atomic E-state index is 13.5. The van der Waals surface area contributed by atoms with Crippen molar-refractivity contribution < 1.29 is 14.1 Å². The van der Waals surface area contributed by atoms with Crippen LogP contribution in [-0.2, 0) is 22.6 Å². The molecule has 28 heavy (non-hydrogen) atoms. The molecule has 0 aromatic carbocycles. The molecule has 2 amide bonds. The lowest BCUT2D eigenvalue weighted by atomic mass is 9.85. The molecule has 1 unspecified atom stereocenters. The van der Waals surface area contributed by atoms with E-state index in [4.69, 9.17) is 4.52 Å². The van der Waals surface area contributed by atoms with Crippen molar-refractivity contribution in [3.63, 3.8) is 0 Å². The van der Waals surface area contributed by atoms with Gasteiger partial charge >= 0.3 is 0 Å². The molecule has 1 atom stereocenters. The Kier molecular flexibility index (Phi) is 4.91. The Morgan fingerprint density at radius 3 is 2.68 bits per heavy atom. The van der Waals surface area contributed by atoms with Crippen LogP contribution in [0.5, 0.6) is 0 Å². The van der Waals surface area contributed by atoms with E-state index in [1.165, 1.54) is 0 Å². The van der Waals surface area contributed by atoms with E-state index in [1.807, 2.05) is 41.8 Å². The van der Waals surface area contributed by atoms with Gasteiger partial charge in [-0.25, -0.2) is 0 Å². The standard InChI is InChI=1S/C21H26N4O3/c1-15-18(16(2)28-23-15)13-19(26)25-12-6-9-21(25)8-5-11-24(20(21)27)14-17-7-3-4-10-22-17/h3-4,7,10H,5-6,8-9,11-14H2,1-2H3. The molecule has 2 aromatic heterocycles. The number of rotatable bonds is 4. The number of hydrogen-bond acceptors (Lipinski definition) is 5. The van der Waals surface area contributed by atoms with Crippen LogP contribution in [0.4, 0.5) is 0 Å². The largest absolute Gasteiger partial charge is 0.361 e. The summed E-state index contributed by atoms with van der Waals surface area (Å²) in [6.45, 7) is 5.50. The van der Waals surface area contributed by atoms with Gasteiger partial charge < -0.3 is 14.3 Å². The third kappa shape index (κ3) is 3.19. The molecule has 1 spiro atoms. The zero-order valence-corrected chi connectivity index (χ0v) is 16.5. The summed E-state index contributed by atoms with van der Waals surface area (Å²) < 4.78 is 5.20. The van der Waals surface area contributed by atoms with Crippen LogP contribution in [0.2, 0.25) is 0 Å². The van der Waals surface area contributed by atoms with Gasteiger partial charge in [0.1, 0.15) is 11.3 Å². The fourth-order valence-corrected chi connectivity index (χ4v) is 4.63. The maximum absolute atomic E-state index is 13.5. The Bertz CT molecular complexity index is 860. The van der Waals surface area contributed by atoms with Crippen LogP contribution < -0.4 is 0 Å². The summed E-state index contributed by atoms with van der Waals surface area (Å²) in [4.78, 5) is 34.7. The third-order valence-electron chi connectivity index (χ3n) is 6.08. The molecule has 2 aromatic rings. The van der Waals surface area contributed by atoms with E-state index in [9.17, 15) is 9.59 Å². The Labute approximate surface area is 164 Å². The molecule has 0 N–H and O–H groups in total. The molecule has 2 fully saturated rings. The van der Waals surface area contributed by atoms with Crippen LogP contribution in [0.15, 0.2) is 28.9 Å². The second-order valence-corrected chi connectivity index (χ2v) is 7.81. The molecule has 7 nitrogen and oxygen atoms in total. The quantitative estimate of drug-likeness (QED) is 0.811. The Hall–Kier alpha value is -2.70. The monoisotopic (exact) mass is 382 g/mol. The Morgan fingerprint density at radius 1 is 1.21 bits per heavy atom. The Balaban J connectivity index is 1.54. The molecular formula is C21H26N4O3. The SMILES string of the molecule is Cc1noc(C)c1CC(=O)N1CCCC12CCCN(Cc1ccccn1)C2=O. The molecule has 148 valence electrons. The number of carbonyl (C=O) groups excluding carboxylic acids is 2. The van der Waals surface area contributed by atoms with E-state index in [2.05, 4.69) is 10.1 Å². The average molecular weight is 382 g/mol. The summed E-state index contributed by atoms with van der Waals surface area (Å²) in [6.07, 6.45) is 5.20. The van der Waals surface area contributed by atoms with Gasteiger partial charge in [-0.05, 0) is 51.7 Å². The van der Waals surface area contributed by atoms with Crippen LogP contribution in [-0.4, -0.2) is 50.4 Å². The first kappa shape index (κ1) is 18.7. The first-order valence-electron chi connectivity index (χ1n) is 9.93. The number of amides is 2. The highest BCUT2D eigenvalue weighted by atomic mass is 16.5. The lowest BCUT2D eigenvalue weighted by Gasteiger charge is -2.44. The summed E-state index contributed by atoms with van der Waals surface area (Å²) in [5.41, 5.74) is 1.74. The average Bonchev–Trinajstić information content (AvgIpc) is 3.25. The topological polar surface area (TPSA) is 79.5 Å². The van der Waals surface area contributed by atoms with Crippen molar-refractivity contribution in [3.8, 4) is 0 Å². The molecule has 4 heterocycles. The van der Waals surface area contributed by atoms with Gasteiger partial charge in [-0.15, -0.1) is 0 Å². The molecule has 2 aliphatic heterocycles. The van der Waals surface area contributed by atoms with Gasteiger partial charge in [0.25, 0.3) is 0 Å². The number of piperidine rings is 1. The summed E-state index contributed by atoms with van der Waals surface area (Å²) in [5, 5.41) is 3.95. The number of hydrogen-bond donors (Lipinski definition) is 0. The molecular weight excluding hydrogens is 356 g/mol. The number of pyridine rings is 1. The van der Waals surface area contributed by atoms with Crippen LogP contribution in [0, 0.1) is 13.8 Å². The van der Waals surface area contributed by atoms with E-state index < -0.39 is 5.54 Å². The van der Waals surface area contributed by atoms with Gasteiger partial charge in [0.2, 0.25) is 11.8 Å². The lowest BCUT2D eigenvalue weighted by Crippen LogP contribution is -2.61. The molecule has 0 aliphatic carbocycles. The first-order chi connectivity index (χ1) is 13.5. The van der Waals surface area contributed by atoms with Gasteiger partial charge in [-0.3, -0.25) is 14.6 Å². The third-order valence-corrected chi connectivity index (χ3v) is 6.08. The predicted octanol–water partition coefficient (Wildman–Crippen LogP) is 2.41. The van der Waals surface area contributed by atoms with Gasteiger partial charge in [-0.2, -0.15) is 0 Å². The minimum atomic E-state index is -0.705. The number of likely N-dealkylation sites (tertiary alicyclic amines) is 2.